The SMILES string of the molecule is O=C(CN1C(=O)CCS(=O)(=O)c2ccccc21)NCC1CCCO1. The van der Waals surface area contributed by atoms with E-state index in [-0.39, 0.29) is 47.2 Å². The van der Waals surface area contributed by atoms with Gasteiger partial charge in [0.15, 0.2) is 9.84 Å². The second-order valence-electron chi connectivity index (χ2n) is 5.96. The van der Waals surface area contributed by atoms with Crippen LogP contribution in [0.15, 0.2) is 29.2 Å². The summed E-state index contributed by atoms with van der Waals surface area (Å²) in [5, 5.41) is 2.76. The number of benzene rings is 1. The molecule has 1 fully saturated rings. The van der Waals surface area contributed by atoms with Gasteiger partial charge in [0, 0.05) is 19.6 Å². The van der Waals surface area contributed by atoms with Gasteiger partial charge in [0.25, 0.3) is 0 Å². The summed E-state index contributed by atoms with van der Waals surface area (Å²) >= 11 is 0. The number of fused-ring (bicyclic) bond motifs is 1. The Kier molecular flexibility index (Phi) is 4.86. The molecule has 130 valence electrons. The largest absolute Gasteiger partial charge is 0.376 e. The van der Waals surface area contributed by atoms with Gasteiger partial charge < -0.3 is 15.0 Å². The minimum Gasteiger partial charge on any atom is -0.376 e. The maximum absolute atomic E-state index is 12.3. The fourth-order valence-electron chi connectivity index (χ4n) is 2.95. The molecule has 1 N–H and O–H groups in total. The van der Waals surface area contributed by atoms with Crippen molar-refractivity contribution in [3.63, 3.8) is 0 Å². The number of rotatable bonds is 4. The molecule has 0 radical (unpaired) electrons. The van der Waals surface area contributed by atoms with Crippen LogP contribution in [0.3, 0.4) is 0 Å². The number of ether oxygens (including phenoxy) is 1. The standard InChI is InChI=1S/C16H20N2O5S/c19-15(17-10-12-4-3-8-23-12)11-18-13-5-1-2-6-14(13)24(21,22)9-7-16(18)20/h1-2,5-6,12H,3-4,7-11H2,(H,17,19). The van der Waals surface area contributed by atoms with Crippen molar-refractivity contribution in [3.05, 3.63) is 24.3 Å². The molecule has 2 aliphatic heterocycles. The second kappa shape index (κ2) is 6.90. The molecule has 7 nitrogen and oxygen atoms in total. The highest BCUT2D eigenvalue weighted by Crippen LogP contribution is 2.29. The number of hydrogen-bond donors (Lipinski definition) is 1. The zero-order valence-electron chi connectivity index (χ0n) is 13.2. The molecule has 1 atom stereocenters. The summed E-state index contributed by atoms with van der Waals surface area (Å²) in [4.78, 5) is 25.9. The van der Waals surface area contributed by atoms with Crippen LogP contribution in [0, 0.1) is 0 Å². The molecular weight excluding hydrogens is 332 g/mol. The number of para-hydroxylation sites is 1. The Hall–Kier alpha value is -1.93. The van der Waals surface area contributed by atoms with Crippen LogP contribution in [0.5, 0.6) is 0 Å². The van der Waals surface area contributed by atoms with Gasteiger partial charge in [-0.2, -0.15) is 0 Å². The first-order valence-corrected chi connectivity index (χ1v) is 9.63. The van der Waals surface area contributed by atoms with E-state index in [9.17, 15) is 18.0 Å². The lowest BCUT2D eigenvalue weighted by atomic mass is 10.2. The lowest BCUT2D eigenvalue weighted by Crippen LogP contribution is -2.42. The molecule has 3 rings (SSSR count). The zero-order valence-corrected chi connectivity index (χ0v) is 14.0. The highest BCUT2D eigenvalue weighted by atomic mass is 32.2. The first-order chi connectivity index (χ1) is 11.5. The quantitative estimate of drug-likeness (QED) is 0.851. The number of amides is 2. The Morgan fingerprint density at radius 1 is 1.33 bits per heavy atom. The molecule has 1 aromatic carbocycles. The summed E-state index contributed by atoms with van der Waals surface area (Å²) in [6.07, 6.45) is 1.78. The topological polar surface area (TPSA) is 92.8 Å². The van der Waals surface area contributed by atoms with Crippen molar-refractivity contribution < 1.29 is 22.7 Å². The number of hydrogen-bond acceptors (Lipinski definition) is 5. The fourth-order valence-corrected chi connectivity index (χ4v) is 4.40. The van der Waals surface area contributed by atoms with Gasteiger partial charge in [0.1, 0.15) is 6.54 Å². The van der Waals surface area contributed by atoms with Crippen molar-refractivity contribution >= 4 is 27.3 Å². The van der Waals surface area contributed by atoms with Gasteiger partial charge in [-0.25, -0.2) is 8.42 Å². The van der Waals surface area contributed by atoms with Gasteiger partial charge in [-0.05, 0) is 25.0 Å². The van der Waals surface area contributed by atoms with Gasteiger partial charge in [0.05, 0.1) is 22.4 Å². The highest BCUT2D eigenvalue weighted by Gasteiger charge is 2.31. The van der Waals surface area contributed by atoms with Gasteiger partial charge in [-0.1, -0.05) is 12.1 Å². The number of carbonyl (C=O) groups is 2. The minimum absolute atomic E-state index is 0.0152. The highest BCUT2D eigenvalue weighted by molar-refractivity contribution is 7.91. The Morgan fingerprint density at radius 2 is 2.12 bits per heavy atom. The third kappa shape index (κ3) is 3.59. The summed E-state index contributed by atoms with van der Waals surface area (Å²) in [6.45, 7) is 0.912. The number of nitrogens with one attached hydrogen (secondary N) is 1. The van der Waals surface area contributed by atoms with Gasteiger partial charge in [-0.15, -0.1) is 0 Å². The predicted octanol–water partition coefficient (Wildman–Crippen LogP) is 0.492. The van der Waals surface area contributed by atoms with E-state index in [2.05, 4.69) is 5.32 Å². The number of nitrogens with zero attached hydrogens (tertiary/aromatic N) is 1. The molecule has 8 heteroatoms. The summed E-state index contributed by atoms with van der Waals surface area (Å²) in [7, 11) is -3.52. The molecule has 2 amide bonds. The Morgan fingerprint density at radius 3 is 2.88 bits per heavy atom. The Balaban J connectivity index is 1.75. The monoisotopic (exact) mass is 352 g/mol. The maximum atomic E-state index is 12.3. The lowest BCUT2D eigenvalue weighted by molar-refractivity contribution is -0.124. The zero-order chi connectivity index (χ0) is 17.2. The van der Waals surface area contributed by atoms with E-state index in [1.807, 2.05) is 0 Å². The summed E-state index contributed by atoms with van der Waals surface area (Å²) in [5.74, 6) is -0.930. The first kappa shape index (κ1) is 16.9. The summed E-state index contributed by atoms with van der Waals surface area (Å²) in [5.41, 5.74) is 0.271. The smallest absolute Gasteiger partial charge is 0.240 e. The van der Waals surface area contributed by atoms with Crippen molar-refractivity contribution in [2.75, 3.05) is 30.3 Å². The third-order valence-corrected chi connectivity index (χ3v) is 5.99. The molecule has 1 saturated heterocycles. The summed E-state index contributed by atoms with van der Waals surface area (Å²) in [6, 6.07) is 6.30. The average molecular weight is 352 g/mol. The molecule has 0 aliphatic carbocycles. The van der Waals surface area contributed by atoms with Gasteiger partial charge in [-0.3, -0.25) is 9.59 Å². The predicted molar refractivity (Wildman–Crippen MR) is 87.4 cm³/mol. The minimum atomic E-state index is -3.52. The molecule has 1 unspecified atom stereocenters. The van der Waals surface area contributed by atoms with Crippen molar-refractivity contribution in [1.82, 2.24) is 5.32 Å². The molecule has 1 aromatic rings. The van der Waals surface area contributed by atoms with Gasteiger partial charge in [0.2, 0.25) is 11.8 Å². The number of anilines is 1. The number of sulfone groups is 1. The van der Waals surface area contributed by atoms with E-state index >= 15 is 0 Å². The second-order valence-corrected chi connectivity index (χ2v) is 8.03. The van der Waals surface area contributed by atoms with Crippen LogP contribution in [0.25, 0.3) is 0 Å². The number of carbonyl (C=O) groups excluding carboxylic acids is 2. The van der Waals surface area contributed by atoms with E-state index in [4.69, 9.17) is 4.74 Å². The van der Waals surface area contributed by atoms with Crippen LogP contribution >= 0.6 is 0 Å². The van der Waals surface area contributed by atoms with Crippen molar-refractivity contribution in [2.45, 2.75) is 30.3 Å². The molecule has 0 saturated carbocycles. The normalized spacial score (nSPS) is 22.8. The Labute approximate surface area is 140 Å². The van der Waals surface area contributed by atoms with Crippen molar-refractivity contribution in [1.29, 1.82) is 0 Å². The van der Waals surface area contributed by atoms with Gasteiger partial charge >= 0.3 is 0 Å². The fraction of sp³-hybridized carbons (Fsp3) is 0.500. The molecular formula is C16H20N2O5S. The molecule has 2 aliphatic rings. The van der Waals surface area contributed by atoms with E-state index in [0.29, 0.717) is 13.2 Å². The maximum Gasteiger partial charge on any atom is 0.240 e. The molecule has 2 heterocycles. The van der Waals surface area contributed by atoms with Crippen LogP contribution < -0.4 is 10.2 Å². The molecule has 0 spiro atoms. The third-order valence-electron chi connectivity index (χ3n) is 4.23. The Bertz CT molecular complexity index is 741. The molecule has 0 aromatic heterocycles. The van der Waals surface area contributed by atoms with Crippen LogP contribution in [0.1, 0.15) is 19.3 Å². The van der Waals surface area contributed by atoms with Crippen molar-refractivity contribution in [3.8, 4) is 0 Å². The molecule has 24 heavy (non-hydrogen) atoms. The van der Waals surface area contributed by atoms with Crippen molar-refractivity contribution in [2.24, 2.45) is 0 Å². The van der Waals surface area contributed by atoms with E-state index < -0.39 is 9.84 Å². The van der Waals surface area contributed by atoms with Crippen LogP contribution in [0.2, 0.25) is 0 Å². The van der Waals surface area contributed by atoms with E-state index in [1.165, 1.54) is 11.0 Å². The molecule has 0 bridgehead atoms. The lowest BCUT2D eigenvalue weighted by Gasteiger charge is -2.22. The van der Waals surface area contributed by atoms with E-state index in [1.54, 1.807) is 18.2 Å². The first-order valence-electron chi connectivity index (χ1n) is 7.98. The van der Waals surface area contributed by atoms with E-state index in [0.717, 1.165) is 12.8 Å². The average Bonchev–Trinajstić information content (AvgIpc) is 3.06. The van der Waals surface area contributed by atoms with Crippen LogP contribution in [0.4, 0.5) is 5.69 Å². The summed E-state index contributed by atoms with van der Waals surface area (Å²) < 4.78 is 30.0. The van der Waals surface area contributed by atoms with Crippen LogP contribution in [-0.2, 0) is 24.2 Å². The van der Waals surface area contributed by atoms with Crippen LogP contribution in [-0.4, -0.2) is 51.8 Å².